The first-order chi connectivity index (χ1) is 15.8. The molecule has 1 saturated heterocycles. The van der Waals surface area contributed by atoms with E-state index < -0.39 is 0 Å². The maximum absolute atomic E-state index is 6.09. The fourth-order valence-corrected chi connectivity index (χ4v) is 4.25. The first kappa shape index (κ1) is 22.4. The average Bonchev–Trinajstić information content (AvgIpc) is 2.85. The SMILES string of the molecule is COc1ccc(CN2CCN(CCCc3ccccc3)CC2)cc1OCc1ccccc1. The van der Waals surface area contributed by atoms with Crippen molar-refractivity contribution in [1.82, 2.24) is 9.80 Å². The molecule has 0 spiro atoms. The minimum absolute atomic E-state index is 0.544. The Kier molecular flexibility index (Phi) is 8.18. The van der Waals surface area contributed by atoms with Gasteiger partial charge in [0.15, 0.2) is 11.5 Å². The predicted octanol–water partition coefficient (Wildman–Crippen LogP) is 5.02. The Morgan fingerprint density at radius 3 is 2.03 bits per heavy atom. The number of ether oxygens (including phenoxy) is 2. The van der Waals surface area contributed by atoms with Gasteiger partial charge < -0.3 is 14.4 Å². The van der Waals surface area contributed by atoms with Gasteiger partial charge in [0, 0.05) is 32.7 Å². The Morgan fingerprint density at radius 2 is 1.34 bits per heavy atom. The highest BCUT2D eigenvalue weighted by atomic mass is 16.5. The second-order valence-electron chi connectivity index (χ2n) is 8.47. The summed E-state index contributed by atoms with van der Waals surface area (Å²) < 4.78 is 11.6. The quantitative estimate of drug-likeness (QED) is 0.451. The van der Waals surface area contributed by atoms with Crippen LogP contribution in [0.2, 0.25) is 0 Å². The summed E-state index contributed by atoms with van der Waals surface area (Å²) in [7, 11) is 1.70. The summed E-state index contributed by atoms with van der Waals surface area (Å²) in [5.74, 6) is 1.60. The molecule has 4 heteroatoms. The number of nitrogens with zero attached hydrogens (tertiary/aromatic N) is 2. The third-order valence-corrected chi connectivity index (χ3v) is 6.12. The van der Waals surface area contributed by atoms with Gasteiger partial charge in [0.1, 0.15) is 6.61 Å². The molecule has 0 unspecified atom stereocenters. The minimum atomic E-state index is 0.544. The van der Waals surface area contributed by atoms with Crippen LogP contribution in [0, 0.1) is 0 Å². The zero-order valence-corrected chi connectivity index (χ0v) is 19.1. The van der Waals surface area contributed by atoms with Crippen LogP contribution in [0.4, 0.5) is 0 Å². The van der Waals surface area contributed by atoms with Crippen LogP contribution < -0.4 is 9.47 Å². The number of piperazine rings is 1. The molecule has 1 aliphatic rings. The van der Waals surface area contributed by atoms with Crippen molar-refractivity contribution >= 4 is 0 Å². The third kappa shape index (κ3) is 6.59. The van der Waals surface area contributed by atoms with Gasteiger partial charge in [-0.3, -0.25) is 4.90 Å². The van der Waals surface area contributed by atoms with Crippen LogP contribution in [-0.4, -0.2) is 49.6 Å². The lowest BCUT2D eigenvalue weighted by atomic mass is 10.1. The number of aryl methyl sites for hydroxylation is 1. The zero-order valence-electron chi connectivity index (χ0n) is 19.1. The van der Waals surface area contributed by atoms with E-state index in [1.807, 2.05) is 24.3 Å². The Bertz CT molecular complexity index is 938. The van der Waals surface area contributed by atoms with E-state index in [0.29, 0.717) is 6.61 Å². The summed E-state index contributed by atoms with van der Waals surface area (Å²) >= 11 is 0. The van der Waals surface area contributed by atoms with E-state index in [2.05, 4.69) is 64.4 Å². The minimum Gasteiger partial charge on any atom is -0.493 e. The van der Waals surface area contributed by atoms with E-state index in [0.717, 1.165) is 49.8 Å². The van der Waals surface area contributed by atoms with E-state index in [1.165, 1.54) is 30.5 Å². The standard InChI is InChI=1S/C28H34N2O2/c1-31-27-15-14-26(21-28(27)32-23-25-11-6-3-7-12-25)22-30-19-17-29(18-20-30)16-8-13-24-9-4-2-5-10-24/h2-7,9-12,14-15,21H,8,13,16-20,22-23H2,1H3. The molecular weight excluding hydrogens is 396 g/mol. The van der Waals surface area contributed by atoms with Crippen molar-refractivity contribution in [3.63, 3.8) is 0 Å². The number of hydrogen-bond acceptors (Lipinski definition) is 4. The van der Waals surface area contributed by atoms with Crippen molar-refractivity contribution in [3.05, 3.63) is 95.6 Å². The highest BCUT2D eigenvalue weighted by Crippen LogP contribution is 2.29. The second kappa shape index (κ2) is 11.7. The van der Waals surface area contributed by atoms with Crippen LogP contribution in [0.25, 0.3) is 0 Å². The molecule has 32 heavy (non-hydrogen) atoms. The number of hydrogen-bond donors (Lipinski definition) is 0. The molecular formula is C28H34N2O2. The van der Waals surface area contributed by atoms with Crippen molar-refractivity contribution in [2.45, 2.75) is 26.0 Å². The summed E-state index contributed by atoms with van der Waals surface area (Å²) in [5.41, 5.74) is 3.87. The fourth-order valence-electron chi connectivity index (χ4n) is 4.25. The van der Waals surface area contributed by atoms with Gasteiger partial charge in [-0.15, -0.1) is 0 Å². The van der Waals surface area contributed by atoms with Crippen LogP contribution in [0.15, 0.2) is 78.9 Å². The molecule has 0 N–H and O–H groups in total. The highest BCUT2D eigenvalue weighted by molar-refractivity contribution is 5.43. The van der Waals surface area contributed by atoms with Crippen LogP contribution in [-0.2, 0) is 19.6 Å². The summed E-state index contributed by atoms with van der Waals surface area (Å²) in [5, 5.41) is 0. The molecule has 168 valence electrons. The van der Waals surface area contributed by atoms with E-state index in [-0.39, 0.29) is 0 Å². The molecule has 3 aromatic rings. The van der Waals surface area contributed by atoms with Crippen molar-refractivity contribution < 1.29 is 9.47 Å². The van der Waals surface area contributed by atoms with E-state index in [9.17, 15) is 0 Å². The molecule has 0 aliphatic carbocycles. The Labute approximate surface area is 192 Å². The molecule has 0 radical (unpaired) electrons. The number of rotatable bonds is 10. The Balaban J connectivity index is 1.24. The smallest absolute Gasteiger partial charge is 0.161 e. The molecule has 1 fully saturated rings. The van der Waals surface area contributed by atoms with Crippen LogP contribution in [0.3, 0.4) is 0 Å². The van der Waals surface area contributed by atoms with Gasteiger partial charge >= 0.3 is 0 Å². The zero-order chi connectivity index (χ0) is 22.0. The van der Waals surface area contributed by atoms with Crippen molar-refractivity contribution in [1.29, 1.82) is 0 Å². The monoisotopic (exact) mass is 430 g/mol. The summed E-state index contributed by atoms with van der Waals surface area (Å²) in [4.78, 5) is 5.14. The molecule has 0 amide bonds. The van der Waals surface area contributed by atoms with Crippen molar-refractivity contribution in [2.75, 3.05) is 39.8 Å². The Morgan fingerprint density at radius 1 is 0.688 bits per heavy atom. The summed E-state index contributed by atoms with van der Waals surface area (Å²) in [6, 6.07) is 27.4. The molecule has 0 aromatic heterocycles. The van der Waals surface area contributed by atoms with Gasteiger partial charge in [-0.2, -0.15) is 0 Å². The van der Waals surface area contributed by atoms with Crippen molar-refractivity contribution in [2.24, 2.45) is 0 Å². The fraction of sp³-hybridized carbons (Fsp3) is 0.357. The molecule has 0 saturated carbocycles. The van der Waals surface area contributed by atoms with Gasteiger partial charge in [0.25, 0.3) is 0 Å². The van der Waals surface area contributed by atoms with Gasteiger partial charge in [-0.25, -0.2) is 0 Å². The first-order valence-electron chi connectivity index (χ1n) is 11.6. The molecule has 1 aliphatic heterocycles. The first-order valence-corrected chi connectivity index (χ1v) is 11.6. The predicted molar refractivity (Wildman–Crippen MR) is 130 cm³/mol. The maximum atomic E-state index is 6.09. The largest absolute Gasteiger partial charge is 0.493 e. The van der Waals surface area contributed by atoms with Crippen LogP contribution in [0.5, 0.6) is 11.5 Å². The molecule has 1 heterocycles. The van der Waals surface area contributed by atoms with Gasteiger partial charge in [-0.1, -0.05) is 66.7 Å². The topological polar surface area (TPSA) is 24.9 Å². The number of benzene rings is 3. The second-order valence-corrected chi connectivity index (χ2v) is 8.47. The van der Waals surface area contributed by atoms with Gasteiger partial charge in [0.2, 0.25) is 0 Å². The lowest BCUT2D eigenvalue weighted by Gasteiger charge is -2.34. The average molecular weight is 431 g/mol. The van der Waals surface area contributed by atoms with E-state index in [1.54, 1.807) is 7.11 Å². The molecule has 4 nitrogen and oxygen atoms in total. The van der Waals surface area contributed by atoms with E-state index >= 15 is 0 Å². The molecule has 3 aromatic carbocycles. The van der Waals surface area contributed by atoms with Crippen molar-refractivity contribution in [3.8, 4) is 11.5 Å². The van der Waals surface area contributed by atoms with Crippen LogP contribution >= 0.6 is 0 Å². The van der Waals surface area contributed by atoms with Crippen LogP contribution in [0.1, 0.15) is 23.1 Å². The summed E-state index contributed by atoms with van der Waals surface area (Å²) in [6.45, 7) is 7.17. The highest BCUT2D eigenvalue weighted by Gasteiger charge is 2.17. The van der Waals surface area contributed by atoms with Gasteiger partial charge in [0.05, 0.1) is 7.11 Å². The Hall–Kier alpha value is -2.82. The normalized spacial score (nSPS) is 14.9. The number of methoxy groups -OCH3 is 1. The summed E-state index contributed by atoms with van der Waals surface area (Å²) in [6.07, 6.45) is 2.39. The third-order valence-electron chi connectivity index (χ3n) is 6.12. The molecule has 0 bridgehead atoms. The lowest BCUT2D eigenvalue weighted by molar-refractivity contribution is 0.126. The molecule has 4 rings (SSSR count). The molecule has 0 atom stereocenters. The maximum Gasteiger partial charge on any atom is 0.161 e. The lowest BCUT2D eigenvalue weighted by Crippen LogP contribution is -2.46. The van der Waals surface area contributed by atoms with E-state index in [4.69, 9.17) is 9.47 Å². The van der Waals surface area contributed by atoms with Gasteiger partial charge in [-0.05, 0) is 48.2 Å².